The van der Waals surface area contributed by atoms with Crippen molar-refractivity contribution >= 4 is 15.9 Å². The van der Waals surface area contributed by atoms with Gasteiger partial charge in [0.05, 0.1) is 22.0 Å². The second kappa shape index (κ2) is 6.55. The normalized spacial score (nSPS) is 14.9. The summed E-state index contributed by atoms with van der Waals surface area (Å²) < 4.78 is 3.22. The van der Waals surface area contributed by atoms with Crippen molar-refractivity contribution < 1.29 is 5.11 Å². The largest absolute Gasteiger partial charge is 0.393 e. The molecule has 2 unspecified atom stereocenters. The Hall–Kier alpha value is -0.350. The third-order valence-electron chi connectivity index (χ3n) is 2.98. The van der Waals surface area contributed by atoms with Crippen LogP contribution in [0.4, 0.5) is 0 Å². The fourth-order valence-electron chi connectivity index (χ4n) is 2.21. The first-order valence-corrected chi connectivity index (χ1v) is 7.20. The van der Waals surface area contributed by atoms with Gasteiger partial charge in [-0.25, -0.2) is 0 Å². The fraction of sp³-hybridized carbons (Fsp3) is 0.769. The molecule has 1 heterocycles. The molecule has 1 aromatic heterocycles. The van der Waals surface area contributed by atoms with Gasteiger partial charge in [-0.3, -0.25) is 4.68 Å². The van der Waals surface area contributed by atoms with E-state index >= 15 is 0 Å². The first-order valence-electron chi connectivity index (χ1n) is 6.41. The maximum atomic E-state index is 9.41. The smallest absolute Gasteiger partial charge is 0.0766 e. The van der Waals surface area contributed by atoms with Crippen molar-refractivity contribution in [2.45, 2.75) is 59.6 Å². The van der Waals surface area contributed by atoms with Crippen LogP contribution < -0.4 is 0 Å². The molecule has 0 aliphatic heterocycles. The first kappa shape index (κ1) is 14.7. The molecule has 1 aromatic rings. The van der Waals surface area contributed by atoms with Crippen LogP contribution in [0.3, 0.4) is 0 Å². The molecule has 0 spiro atoms. The van der Waals surface area contributed by atoms with Gasteiger partial charge in [-0.1, -0.05) is 13.8 Å². The summed E-state index contributed by atoms with van der Waals surface area (Å²) >= 11 is 3.65. The standard InChI is InChI=1S/C13H23BrN2O/c1-5-11-13(14)12(16(6-2)15-11)8-9(3)7-10(4)17/h9-10,17H,5-8H2,1-4H3. The van der Waals surface area contributed by atoms with Gasteiger partial charge in [0.15, 0.2) is 0 Å². The van der Waals surface area contributed by atoms with Crippen molar-refractivity contribution in [1.29, 1.82) is 0 Å². The molecule has 0 aromatic carbocycles. The molecule has 0 saturated heterocycles. The molecular formula is C13H23BrN2O. The number of rotatable bonds is 6. The average molecular weight is 303 g/mol. The summed E-state index contributed by atoms with van der Waals surface area (Å²) in [6.45, 7) is 9.16. The number of halogens is 1. The summed E-state index contributed by atoms with van der Waals surface area (Å²) in [6, 6.07) is 0. The van der Waals surface area contributed by atoms with Crippen molar-refractivity contribution in [3.05, 3.63) is 15.9 Å². The maximum absolute atomic E-state index is 9.41. The molecule has 4 heteroatoms. The second-order valence-electron chi connectivity index (χ2n) is 4.77. The third kappa shape index (κ3) is 3.81. The first-order chi connectivity index (χ1) is 7.99. The van der Waals surface area contributed by atoms with Crippen LogP contribution in [0.2, 0.25) is 0 Å². The van der Waals surface area contributed by atoms with E-state index in [2.05, 4.69) is 46.5 Å². The minimum atomic E-state index is -0.229. The molecule has 0 aliphatic carbocycles. The lowest BCUT2D eigenvalue weighted by Crippen LogP contribution is -2.12. The Morgan fingerprint density at radius 1 is 1.35 bits per heavy atom. The molecule has 0 bridgehead atoms. The van der Waals surface area contributed by atoms with Gasteiger partial charge < -0.3 is 5.11 Å². The quantitative estimate of drug-likeness (QED) is 0.876. The predicted molar refractivity (Wildman–Crippen MR) is 74.1 cm³/mol. The lowest BCUT2D eigenvalue weighted by molar-refractivity contribution is 0.163. The summed E-state index contributed by atoms with van der Waals surface area (Å²) in [5.74, 6) is 0.470. The van der Waals surface area contributed by atoms with E-state index in [-0.39, 0.29) is 6.10 Å². The number of hydrogen-bond acceptors (Lipinski definition) is 2. The molecule has 2 atom stereocenters. The number of aromatic nitrogens is 2. The zero-order chi connectivity index (χ0) is 13.0. The monoisotopic (exact) mass is 302 g/mol. The molecule has 17 heavy (non-hydrogen) atoms. The van der Waals surface area contributed by atoms with E-state index in [1.54, 1.807) is 0 Å². The van der Waals surface area contributed by atoms with Crippen LogP contribution in [0, 0.1) is 5.92 Å². The number of aliphatic hydroxyl groups excluding tert-OH is 1. The predicted octanol–water partition coefficient (Wildman–Crippen LogP) is 3.18. The summed E-state index contributed by atoms with van der Waals surface area (Å²) in [7, 11) is 0. The van der Waals surface area contributed by atoms with Crippen LogP contribution in [-0.2, 0) is 19.4 Å². The zero-order valence-corrected chi connectivity index (χ0v) is 12.8. The van der Waals surface area contributed by atoms with E-state index in [4.69, 9.17) is 0 Å². The molecule has 0 saturated carbocycles. The van der Waals surface area contributed by atoms with E-state index < -0.39 is 0 Å². The van der Waals surface area contributed by atoms with Crippen LogP contribution >= 0.6 is 15.9 Å². The molecular weight excluding hydrogens is 280 g/mol. The Labute approximate surface area is 112 Å². The zero-order valence-electron chi connectivity index (χ0n) is 11.2. The van der Waals surface area contributed by atoms with Crippen LogP contribution in [0.5, 0.6) is 0 Å². The van der Waals surface area contributed by atoms with Crippen molar-refractivity contribution in [3.63, 3.8) is 0 Å². The van der Waals surface area contributed by atoms with E-state index in [1.165, 1.54) is 5.69 Å². The van der Waals surface area contributed by atoms with Gasteiger partial charge in [-0.05, 0) is 55.0 Å². The second-order valence-corrected chi connectivity index (χ2v) is 5.56. The van der Waals surface area contributed by atoms with Crippen LogP contribution in [0.25, 0.3) is 0 Å². The Balaban J connectivity index is 2.85. The Kier molecular flexibility index (Phi) is 5.67. The highest BCUT2D eigenvalue weighted by Crippen LogP contribution is 2.25. The average Bonchev–Trinajstić information content (AvgIpc) is 2.55. The van der Waals surface area contributed by atoms with Crippen molar-refractivity contribution in [2.75, 3.05) is 0 Å². The number of nitrogens with zero attached hydrogens (tertiary/aromatic N) is 2. The molecule has 0 radical (unpaired) electrons. The summed E-state index contributed by atoms with van der Waals surface area (Å²) in [4.78, 5) is 0. The van der Waals surface area contributed by atoms with Crippen molar-refractivity contribution in [3.8, 4) is 0 Å². The van der Waals surface area contributed by atoms with Gasteiger partial charge in [0.1, 0.15) is 0 Å². The van der Waals surface area contributed by atoms with Crippen LogP contribution in [0.1, 0.15) is 45.5 Å². The van der Waals surface area contributed by atoms with Crippen LogP contribution in [0.15, 0.2) is 4.47 Å². The van der Waals surface area contributed by atoms with E-state index in [9.17, 15) is 5.11 Å². The lowest BCUT2D eigenvalue weighted by Gasteiger charge is -2.14. The number of aliphatic hydroxyl groups is 1. The van der Waals surface area contributed by atoms with Gasteiger partial charge in [-0.15, -0.1) is 0 Å². The van der Waals surface area contributed by atoms with Gasteiger partial charge in [0.2, 0.25) is 0 Å². The number of aryl methyl sites for hydroxylation is 2. The Morgan fingerprint density at radius 3 is 2.47 bits per heavy atom. The van der Waals surface area contributed by atoms with Gasteiger partial charge in [0.25, 0.3) is 0 Å². The Bertz CT molecular complexity index is 361. The molecule has 0 fully saturated rings. The third-order valence-corrected chi connectivity index (χ3v) is 3.89. The topological polar surface area (TPSA) is 38.0 Å². The fourth-order valence-corrected chi connectivity index (χ4v) is 2.93. The van der Waals surface area contributed by atoms with Crippen molar-refractivity contribution in [1.82, 2.24) is 9.78 Å². The molecule has 98 valence electrons. The summed E-state index contributed by atoms with van der Waals surface area (Å²) in [6.07, 6.45) is 2.52. The van der Waals surface area contributed by atoms with E-state index in [1.807, 2.05) is 6.92 Å². The lowest BCUT2D eigenvalue weighted by atomic mass is 9.98. The molecule has 0 amide bonds. The minimum Gasteiger partial charge on any atom is -0.393 e. The van der Waals surface area contributed by atoms with Crippen LogP contribution in [-0.4, -0.2) is 21.0 Å². The minimum absolute atomic E-state index is 0.229. The van der Waals surface area contributed by atoms with Gasteiger partial charge in [0, 0.05) is 6.54 Å². The number of hydrogen-bond donors (Lipinski definition) is 1. The summed E-state index contributed by atoms with van der Waals surface area (Å²) in [5.41, 5.74) is 2.39. The SMILES string of the molecule is CCc1nn(CC)c(CC(C)CC(C)O)c1Br. The molecule has 1 N–H and O–H groups in total. The van der Waals surface area contributed by atoms with Gasteiger partial charge in [-0.2, -0.15) is 5.10 Å². The van der Waals surface area contributed by atoms with Crippen molar-refractivity contribution in [2.24, 2.45) is 5.92 Å². The Morgan fingerprint density at radius 2 is 2.00 bits per heavy atom. The van der Waals surface area contributed by atoms with E-state index in [0.29, 0.717) is 5.92 Å². The summed E-state index contributed by atoms with van der Waals surface area (Å²) in [5, 5.41) is 14.0. The highest BCUT2D eigenvalue weighted by molar-refractivity contribution is 9.10. The highest BCUT2D eigenvalue weighted by Gasteiger charge is 2.17. The molecule has 0 aliphatic rings. The highest BCUT2D eigenvalue weighted by atomic mass is 79.9. The van der Waals surface area contributed by atoms with Gasteiger partial charge >= 0.3 is 0 Å². The molecule has 1 rings (SSSR count). The molecule has 3 nitrogen and oxygen atoms in total. The van der Waals surface area contributed by atoms with E-state index in [0.717, 1.165) is 36.0 Å². The maximum Gasteiger partial charge on any atom is 0.0766 e.